The Bertz CT molecular complexity index is 669. The number of nitrogens with zero attached hydrogens (tertiary/aromatic N) is 3. The zero-order valence-corrected chi connectivity index (χ0v) is 14.2. The number of hydrogen-bond acceptors (Lipinski definition) is 6. The molecule has 1 aliphatic heterocycles. The van der Waals surface area contributed by atoms with Crippen molar-refractivity contribution in [3.8, 4) is 0 Å². The Balaban J connectivity index is 2.26. The van der Waals surface area contributed by atoms with Gasteiger partial charge in [-0.2, -0.15) is 0 Å². The molecule has 23 heavy (non-hydrogen) atoms. The Morgan fingerprint density at radius 1 is 1.30 bits per heavy atom. The normalized spacial score (nSPS) is 15.3. The predicted octanol–water partition coefficient (Wildman–Crippen LogP) is 1.03. The van der Waals surface area contributed by atoms with Gasteiger partial charge in [-0.05, 0) is 39.1 Å². The van der Waals surface area contributed by atoms with Crippen LogP contribution in [-0.4, -0.2) is 58.5 Å². The van der Waals surface area contributed by atoms with Crippen molar-refractivity contribution < 1.29 is 13.3 Å². The Morgan fingerprint density at radius 3 is 2.52 bits per heavy atom. The van der Waals surface area contributed by atoms with Crippen LogP contribution in [0.1, 0.15) is 12.8 Å². The standard InChI is InChI=1S/C14H22N4O4S/c1-16(2)10-7-15-23(21,22)12-5-6-13(14(11-12)18(19)20)17-8-3-4-9-17/h5-6,11,15H,3-4,7-10H2,1-2H3. The predicted molar refractivity (Wildman–Crippen MR) is 88.3 cm³/mol. The molecule has 8 nitrogen and oxygen atoms in total. The maximum Gasteiger partial charge on any atom is 0.293 e. The molecule has 0 spiro atoms. The van der Waals surface area contributed by atoms with Crippen LogP contribution in [0.15, 0.2) is 23.1 Å². The van der Waals surface area contributed by atoms with Crippen molar-refractivity contribution in [2.45, 2.75) is 17.7 Å². The summed E-state index contributed by atoms with van der Waals surface area (Å²) in [4.78, 5) is 14.5. The van der Waals surface area contributed by atoms with Crippen molar-refractivity contribution in [2.75, 3.05) is 45.2 Å². The number of rotatable bonds is 7. The molecular formula is C14H22N4O4S. The molecule has 0 bridgehead atoms. The summed E-state index contributed by atoms with van der Waals surface area (Å²) in [6, 6.07) is 4.11. The van der Waals surface area contributed by atoms with E-state index in [0.717, 1.165) is 32.0 Å². The summed E-state index contributed by atoms with van der Waals surface area (Å²) in [5, 5.41) is 11.3. The summed E-state index contributed by atoms with van der Waals surface area (Å²) in [6.07, 6.45) is 1.98. The number of likely N-dealkylation sites (N-methyl/N-ethyl adjacent to an activating group) is 1. The van der Waals surface area contributed by atoms with E-state index in [1.54, 1.807) is 0 Å². The zero-order valence-electron chi connectivity index (χ0n) is 13.4. The van der Waals surface area contributed by atoms with Crippen molar-refractivity contribution in [2.24, 2.45) is 0 Å². The molecule has 2 rings (SSSR count). The lowest BCUT2D eigenvalue weighted by atomic mass is 10.2. The van der Waals surface area contributed by atoms with Gasteiger partial charge in [0.15, 0.2) is 0 Å². The van der Waals surface area contributed by atoms with Crippen LogP contribution >= 0.6 is 0 Å². The minimum atomic E-state index is -3.75. The minimum absolute atomic E-state index is 0.0779. The third-order valence-corrected chi connectivity index (χ3v) is 5.21. The van der Waals surface area contributed by atoms with Crippen LogP contribution < -0.4 is 9.62 Å². The second-order valence-corrected chi connectivity index (χ2v) is 7.57. The first-order valence-electron chi connectivity index (χ1n) is 7.49. The monoisotopic (exact) mass is 342 g/mol. The summed E-state index contributed by atoms with van der Waals surface area (Å²) >= 11 is 0. The van der Waals surface area contributed by atoms with Gasteiger partial charge in [-0.1, -0.05) is 0 Å². The highest BCUT2D eigenvalue weighted by Gasteiger charge is 2.25. The van der Waals surface area contributed by atoms with Crippen LogP contribution in [0.3, 0.4) is 0 Å². The van der Waals surface area contributed by atoms with Crippen LogP contribution in [0, 0.1) is 10.1 Å². The Labute approximate surface area is 136 Å². The van der Waals surface area contributed by atoms with Crippen LogP contribution in [0.5, 0.6) is 0 Å². The average molecular weight is 342 g/mol. The van der Waals surface area contributed by atoms with Gasteiger partial charge in [0.25, 0.3) is 5.69 Å². The first-order valence-corrected chi connectivity index (χ1v) is 8.97. The van der Waals surface area contributed by atoms with E-state index in [0.29, 0.717) is 12.2 Å². The fourth-order valence-corrected chi connectivity index (χ4v) is 3.57. The van der Waals surface area contributed by atoms with Crippen molar-refractivity contribution >= 4 is 21.4 Å². The molecule has 0 unspecified atom stereocenters. The molecule has 1 aromatic rings. The van der Waals surface area contributed by atoms with Crippen LogP contribution in [0.2, 0.25) is 0 Å². The summed E-state index contributed by atoms with van der Waals surface area (Å²) in [7, 11) is -0.0773. The zero-order chi connectivity index (χ0) is 17.0. The number of nitro groups is 1. The van der Waals surface area contributed by atoms with E-state index in [-0.39, 0.29) is 17.1 Å². The molecule has 1 aliphatic rings. The van der Waals surface area contributed by atoms with E-state index < -0.39 is 14.9 Å². The minimum Gasteiger partial charge on any atom is -0.366 e. The lowest BCUT2D eigenvalue weighted by molar-refractivity contribution is -0.384. The first kappa shape index (κ1) is 17.6. The van der Waals surface area contributed by atoms with E-state index in [9.17, 15) is 18.5 Å². The van der Waals surface area contributed by atoms with E-state index in [4.69, 9.17) is 0 Å². The fourth-order valence-electron chi connectivity index (χ4n) is 2.53. The molecule has 1 aromatic carbocycles. The molecule has 0 radical (unpaired) electrons. The Kier molecular flexibility index (Phi) is 5.55. The molecule has 1 saturated heterocycles. The molecule has 1 heterocycles. The molecule has 1 fully saturated rings. The van der Waals surface area contributed by atoms with E-state index in [1.807, 2.05) is 23.9 Å². The molecule has 0 amide bonds. The highest BCUT2D eigenvalue weighted by Crippen LogP contribution is 2.32. The van der Waals surface area contributed by atoms with Crippen LogP contribution in [0.25, 0.3) is 0 Å². The summed E-state index contributed by atoms with van der Waals surface area (Å²) in [5.41, 5.74) is 0.321. The van der Waals surface area contributed by atoms with Crippen molar-refractivity contribution in [3.63, 3.8) is 0 Å². The highest BCUT2D eigenvalue weighted by atomic mass is 32.2. The van der Waals surface area contributed by atoms with Gasteiger partial charge >= 0.3 is 0 Å². The van der Waals surface area contributed by atoms with Crippen LogP contribution in [0.4, 0.5) is 11.4 Å². The molecule has 128 valence electrons. The number of benzene rings is 1. The van der Waals surface area contributed by atoms with Gasteiger partial charge in [0.1, 0.15) is 5.69 Å². The number of nitro benzene ring substituents is 1. The Morgan fingerprint density at radius 2 is 1.96 bits per heavy atom. The molecule has 9 heteroatoms. The van der Waals surface area contributed by atoms with Crippen molar-refractivity contribution in [1.29, 1.82) is 0 Å². The lowest BCUT2D eigenvalue weighted by Crippen LogP contribution is -2.31. The summed E-state index contributed by atoms with van der Waals surface area (Å²) in [6.45, 7) is 2.31. The number of hydrogen-bond donors (Lipinski definition) is 1. The van der Waals surface area contributed by atoms with E-state index in [2.05, 4.69) is 4.72 Å². The second kappa shape index (κ2) is 7.24. The SMILES string of the molecule is CN(C)CCNS(=O)(=O)c1ccc(N2CCCC2)c([N+](=O)[O-])c1. The van der Waals surface area contributed by atoms with Gasteiger partial charge in [0, 0.05) is 32.2 Å². The third kappa shape index (κ3) is 4.40. The quantitative estimate of drug-likeness (QED) is 0.587. The largest absolute Gasteiger partial charge is 0.366 e. The molecular weight excluding hydrogens is 320 g/mol. The second-order valence-electron chi connectivity index (χ2n) is 5.80. The van der Waals surface area contributed by atoms with Crippen LogP contribution in [-0.2, 0) is 10.0 Å². The summed E-state index contributed by atoms with van der Waals surface area (Å²) < 4.78 is 27.0. The topological polar surface area (TPSA) is 95.8 Å². The van der Waals surface area contributed by atoms with Gasteiger partial charge in [-0.15, -0.1) is 0 Å². The first-order chi connectivity index (χ1) is 10.8. The maximum absolute atomic E-state index is 12.3. The van der Waals surface area contributed by atoms with E-state index >= 15 is 0 Å². The third-order valence-electron chi connectivity index (χ3n) is 3.75. The number of sulfonamides is 1. The highest BCUT2D eigenvalue weighted by molar-refractivity contribution is 7.89. The van der Waals surface area contributed by atoms with Gasteiger partial charge in [-0.3, -0.25) is 10.1 Å². The molecule has 0 aliphatic carbocycles. The maximum atomic E-state index is 12.3. The van der Waals surface area contributed by atoms with E-state index in [1.165, 1.54) is 12.1 Å². The molecule has 0 atom stereocenters. The van der Waals surface area contributed by atoms with Gasteiger partial charge < -0.3 is 9.80 Å². The molecule has 0 aromatic heterocycles. The van der Waals surface area contributed by atoms with Crippen molar-refractivity contribution in [3.05, 3.63) is 28.3 Å². The molecule has 1 N–H and O–H groups in total. The fraction of sp³-hybridized carbons (Fsp3) is 0.571. The molecule has 0 saturated carbocycles. The van der Waals surface area contributed by atoms with Gasteiger partial charge in [0.2, 0.25) is 10.0 Å². The Hall–Kier alpha value is -1.71. The number of anilines is 1. The smallest absolute Gasteiger partial charge is 0.293 e. The summed E-state index contributed by atoms with van der Waals surface area (Å²) in [5.74, 6) is 0. The lowest BCUT2D eigenvalue weighted by Gasteiger charge is -2.18. The van der Waals surface area contributed by atoms with Gasteiger partial charge in [0.05, 0.1) is 9.82 Å². The number of nitrogens with one attached hydrogen (secondary N) is 1. The average Bonchev–Trinajstić information content (AvgIpc) is 3.00. The van der Waals surface area contributed by atoms with Crippen molar-refractivity contribution in [1.82, 2.24) is 9.62 Å². The van der Waals surface area contributed by atoms with Gasteiger partial charge in [-0.25, -0.2) is 13.1 Å².